The zero-order valence-corrected chi connectivity index (χ0v) is 25.4. The second-order valence-corrected chi connectivity index (χ2v) is 10.3. The Morgan fingerprint density at radius 2 is 0.867 bits per heavy atom. The van der Waals surface area contributed by atoms with E-state index >= 15 is 0 Å². The molecule has 0 bridgehead atoms. The predicted octanol–water partition coefficient (Wildman–Crippen LogP) is 5.64. The fraction of sp³-hybridized carbons (Fsp3) is 0.189. The first-order chi connectivity index (χ1) is 22.1. The van der Waals surface area contributed by atoms with Gasteiger partial charge in [0.25, 0.3) is 11.8 Å². The van der Waals surface area contributed by atoms with Gasteiger partial charge in [-0.25, -0.2) is 9.97 Å². The van der Waals surface area contributed by atoms with Gasteiger partial charge in [-0.2, -0.15) is 0 Å². The first-order valence-corrected chi connectivity index (χ1v) is 15.2. The number of nitrogens with zero attached hydrogens (tertiary/aromatic N) is 2. The second kappa shape index (κ2) is 17.9. The summed E-state index contributed by atoms with van der Waals surface area (Å²) in [7, 11) is 0. The molecule has 2 aromatic heterocycles. The van der Waals surface area contributed by atoms with Gasteiger partial charge in [-0.05, 0) is 81.8 Å². The maximum atomic E-state index is 10.0. The molecule has 6 aromatic rings. The Bertz CT molecular complexity index is 1530. The molecule has 230 valence electrons. The number of nitrogens with one attached hydrogen (secondary N) is 2. The fourth-order valence-corrected chi connectivity index (χ4v) is 4.54. The van der Waals surface area contributed by atoms with Crippen LogP contribution in [0.3, 0.4) is 0 Å². The minimum absolute atomic E-state index is 0.329. The van der Waals surface area contributed by atoms with Crippen LogP contribution in [0.15, 0.2) is 121 Å². The van der Waals surface area contributed by atoms with Crippen molar-refractivity contribution in [3.63, 3.8) is 0 Å². The summed E-state index contributed by atoms with van der Waals surface area (Å²) in [6, 6.07) is 37.1. The molecular formula is C37H40N6O2. The molecule has 7 rings (SSSR count). The summed E-state index contributed by atoms with van der Waals surface area (Å²) >= 11 is 0. The van der Waals surface area contributed by atoms with E-state index in [4.69, 9.17) is 11.5 Å². The standard InChI is InChI=1S/2C13H9N.C7H19N3.C4H3NO2/c2*1-3-7-12-10(5-1)9-11-6-2-4-8-13(11)14-12;8-4-1-2-6-10-7-3-5-9;6-3-1-2-4(7)5-3/h2*1-9H;10H,1-9H2;1-2H,(H,5,6,7). The van der Waals surface area contributed by atoms with Crippen molar-refractivity contribution < 1.29 is 9.59 Å². The molecule has 2 amide bonds. The van der Waals surface area contributed by atoms with Crippen LogP contribution in [0.2, 0.25) is 0 Å². The van der Waals surface area contributed by atoms with Gasteiger partial charge in [-0.3, -0.25) is 14.9 Å². The second-order valence-electron chi connectivity index (χ2n) is 10.3. The van der Waals surface area contributed by atoms with Gasteiger partial charge in [0.15, 0.2) is 0 Å². The van der Waals surface area contributed by atoms with E-state index in [2.05, 4.69) is 51.7 Å². The summed E-state index contributed by atoms with van der Waals surface area (Å²) in [5.41, 5.74) is 14.9. The van der Waals surface area contributed by atoms with Crippen LogP contribution >= 0.6 is 0 Å². The van der Waals surface area contributed by atoms with E-state index in [-0.39, 0.29) is 11.8 Å². The number of pyridine rings is 2. The highest BCUT2D eigenvalue weighted by Crippen LogP contribution is 2.19. The van der Waals surface area contributed by atoms with Crippen LogP contribution in [-0.2, 0) is 9.59 Å². The Balaban J connectivity index is 0.000000141. The minimum Gasteiger partial charge on any atom is -0.330 e. The summed E-state index contributed by atoms with van der Waals surface area (Å²) in [6.45, 7) is 3.71. The molecule has 6 N–H and O–H groups in total. The summed E-state index contributed by atoms with van der Waals surface area (Å²) in [5.74, 6) is -0.657. The van der Waals surface area contributed by atoms with Gasteiger partial charge in [0, 0.05) is 33.7 Å². The lowest BCUT2D eigenvalue weighted by Crippen LogP contribution is -2.19. The van der Waals surface area contributed by atoms with Gasteiger partial charge in [-0.15, -0.1) is 0 Å². The molecule has 3 heterocycles. The van der Waals surface area contributed by atoms with E-state index in [1.807, 2.05) is 78.1 Å². The van der Waals surface area contributed by atoms with E-state index in [1.165, 1.54) is 40.1 Å². The average molecular weight is 601 g/mol. The van der Waals surface area contributed by atoms with Crippen molar-refractivity contribution in [2.45, 2.75) is 19.3 Å². The summed E-state index contributed by atoms with van der Waals surface area (Å²) in [6.07, 6.45) is 5.77. The first kappa shape index (κ1) is 32.9. The molecule has 1 aliphatic rings. The number of hydrogen-bond donors (Lipinski definition) is 4. The molecule has 0 spiro atoms. The molecule has 8 nitrogen and oxygen atoms in total. The molecule has 45 heavy (non-hydrogen) atoms. The fourth-order valence-electron chi connectivity index (χ4n) is 4.54. The molecule has 0 aliphatic carbocycles. The van der Waals surface area contributed by atoms with Crippen LogP contribution in [0.5, 0.6) is 0 Å². The molecule has 0 saturated carbocycles. The van der Waals surface area contributed by atoms with Crippen molar-refractivity contribution in [3.05, 3.63) is 121 Å². The van der Waals surface area contributed by atoms with E-state index in [0.717, 1.165) is 61.1 Å². The Labute approximate surface area is 263 Å². The van der Waals surface area contributed by atoms with Crippen molar-refractivity contribution in [2.24, 2.45) is 11.5 Å². The zero-order valence-electron chi connectivity index (χ0n) is 25.4. The Morgan fingerprint density at radius 3 is 1.20 bits per heavy atom. The number of carbonyl (C=O) groups is 2. The minimum atomic E-state index is -0.329. The largest absolute Gasteiger partial charge is 0.330 e. The van der Waals surface area contributed by atoms with Crippen LogP contribution in [-0.4, -0.2) is 48.0 Å². The summed E-state index contributed by atoms with van der Waals surface area (Å²) in [4.78, 5) is 29.2. The number of imide groups is 1. The third kappa shape index (κ3) is 10.6. The van der Waals surface area contributed by atoms with Crippen molar-refractivity contribution in [1.29, 1.82) is 0 Å². The first-order valence-electron chi connectivity index (χ1n) is 15.2. The highest BCUT2D eigenvalue weighted by atomic mass is 16.2. The highest BCUT2D eigenvalue weighted by molar-refractivity contribution is 6.12. The van der Waals surface area contributed by atoms with Crippen LogP contribution < -0.4 is 22.1 Å². The molecule has 1 aliphatic heterocycles. The molecule has 0 radical (unpaired) electrons. The Kier molecular flexibility index (Phi) is 13.1. The highest BCUT2D eigenvalue weighted by Gasteiger charge is 2.07. The number of fused-ring (bicyclic) bond motifs is 4. The van der Waals surface area contributed by atoms with Crippen molar-refractivity contribution >= 4 is 55.4 Å². The molecule has 0 unspecified atom stereocenters. The maximum Gasteiger partial charge on any atom is 0.250 e. The number of carbonyl (C=O) groups excluding carboxylic acids is 2. The summed E-state index contributed by atoms with van der Waals surface area (Å²) in [5, 5.41) is 10.1. The van der Waals surface area contributed by atoms with Gasteiger partial charge in [-0.1, -0.05) is 72.8 Å². The van der Waals surface area contributed by atoms with E-state index in [9.17, 15) is 9.59 Å². The van der Waals surface area contributed by atoms with E-state index in [1.54, 1.807) is 0 Å². The quantitative estimate of drug-likeness (QED) is 0.106. The van der Waals surface area contributed by atoms with Gasteiger partial charge in [0.05, 0.1) is 22.1 Å². The molecule has 4 aromatic carbocycles. The molecule has 0 saturated heterocycles. The van der Waals surface area contributed by atoms with E-state index < -0.39 is 0 Å². The van der Waals surface area contributed by atoms with Crippen molar-refractivity contribution in [3.8, 4) is 0 Å². The number of para-hydroxylation sites is 4. The third-order valence-electron chi connectivity index (χ3n) is 6.85. The Hall–Kier alpha value is -5.02. The number of benzene rings is 4. The van der Waals surface area contributed by atoms with E-state index in [0.29, 0.717) is 0 Å². The molecular weight excluding hydrogens is 560 g/mol. The number of aromatic nitrogens is 2. The van der Waals surface area contributed by atoms with Gasteiger partial charge < -0.3 is 16.8 Å². The summed E-state index contributed by atoms with van der Waals surface area (Å²) < 4.78 is 0. The number of amides is 2. The zero-order chi connectivity index (χ0) is 31.7. The van der Waals surface area contributed by atoms with Gasteiger partial charge in [0.2, 0.25) is 0 Å². The van der Waals surface area contributed by atoms with Crippen LogP contribution in [0.4, 0.5) is 0 Å². The van der Waals surface area contributed by atoms with Gasteiger partial charge >= 0.3 is 0 Å². The average Bonchev–Trinajstić information content (AvgIpc) is 3.47. The number of unbranched alkanes of at least 4 members (excludes halogenated alkanes) is 1. The predicted molar refractivity (Wildman–Crippen MR) is 186 cm³/mol. The number of hydrogen-bond acceptors (Lipinski definition) is 7. The third-order valence-corrected chi connectivity index (χ3v) is 6.85. The lowest BCUT2D eigenvalue weighted by molar-refractivity contribution is -0.123. The van der Waals surface area contributed by atoms with Gasteiger partial charge in [0.1, 0.15) is 0 Å². The number of nitrogens with two attached hydrogens (primary N) is 2. The van der Waals surface area contributed by atoms with Crippen LogP contribution in [0.25, 0.3) is 43.6 Å². The maximum absolute atomic E-state index is 10.0. The lowest BCUT2D eigenvalue weighted by Gasteiger charge is -2.01. The SMILES string of the molecule is NCCCCNCCCN.O=C1C=CC(=O)N1.c1ccc2nc3ccccc3cc2c1.c1ccc2nc3ccccc3cc2c1. The smallest absolute Gasteiger partial charge is 0.250 e. The molecule has 0 atom stereocenters. The Morgan fingerprint density at radius 1 is 0.511 bits per heavy atom. The van der Waals surface area contributed by atoms with Crippen molar-refractivity contribution in [2.75, 3.05) is 26.2 Å². The van der Waals surface area contributed by atoms with Crippen LogP contribution in [0, 0.1) is 0 Å². The van der Waals surface area contributed by atoms with Crippen LogP contribution in [0.1, 0.15) is 19.3 Å². The molecule has 0 fully saturated rings. The normalized spacial score (nSPS) is 11.8. The monoisotopic (exact) mass is 600 g/mol. The topological polar surface area (TPSA) is 136 Å². The number of rotatable bonds is 7. The molecule has 8 heteroatoms. The lowest BCUT2D eigenvalue weighted by atomic mass is 10.1. The van der Waals surface area contributed by atoms with Crippen molar-refractivity contribution in [1.82, 2.24) is 20.6 Å².